The second kappa shape index (κ2) is 8.80. The van der Waals surface area contributed by atoms with Crippen molar-refractivity contribution in [3.8, 4) is 0 Å². The summed E-state index contributed by atoms with van der Waals surface area (Å²) in [6.07, 6.45) is 1.97. The van der Waals surface area contributed by atoms with Gasteiger partial charge in [0.15, 0.2) is 0 Å². The number of benzene rings is 2. The number of carbonyl (C=O) groups is 1. The highest BCUT2D eigenvalue weighted by Crippen LogP contribution is 2.25. The van der Waals surface area contributed by atoms with Crippen LogP contribution in [0.3, 0.4) is 0 Å². The number of rotatable bonds is 6. The van der Waals surface area contributed by atoms with Crippen LogP contribution in [-0.4, -0.2) is 17.5 Å². The van der Waals surface area contributed by atoms with Crippen molar-refractivity contribution >= 4 is 34.9 Å². The third-order valence-electron chi connectivity index (χ3n) is 3.46. The Bertz CT molecular complexity index is 647. The minimum Gasteiger partial charge on any atom is -0.320 e. The number of carbonyl (C=O) groups excluding carboxylic acids is 1. The maximum atomic E-state index is 12.6. The van der Waals surface area contributed by atoms with Gasteiger partial charge in [-0.3, -0.25) is 0 Å². The molecule has 23 heavy (non-hydrogen) atoms. The molecule has 0 atom stereocenters. The van der Waals surface area contributed by atoms with Crippen LogP contribution in [0.25, 0.3) is 0 Å². The summed E-state index contributed by atoms with van der Waals surface area (Å²) in [4.78, 5) is 14.4. The Morgan fingerprint density at radius 1 is 1.13 bits per heavy atom. The zero-order valence-electron chi connectivity index (χ0n) is 13.1. The molecule has 0 unspecified atom stereocenters. The Labute approximate surface area is 147 Å². The van der Waals surface area contributed by atoms with E-state index in [1.807, 2.05) is 30.3 Å². The fourth-order valence-corrected chi connectivity index (χ4v) is 2.53. The van der Waals surface area contributed by atoms with Gasteiger partial charge in [-0.05, 0) is 30.2 Å². The van der Waals surface area contributed by atoms with Gasteiger partial charge < -0.3 is 10.2 Å². The third-order valence-corrected chi connectivity index (χ3v) is 4.02. The van der Waals surface area contributed by atoms with Crippen LogP contribution < -0.4 is 5.32 Å². The Morgan fingerprint density at radius 3 is 2.57 bits per heavy atom. The molecule has 2 amide bonds. The van der Waals surface area contributed by atoms with Crippen molar-refractivity contribution in [2.24, 2.45) is 0 Å². The lowest BCUT2D eigenvalue weighted by atomic mass is 10.2. The average molecular weight is 351 g/mol. The molecule has 0 aliphatic rings. The Morgan fingerprint density at radius 2 is 1.87 bits per heavy atom. The van der Waals surface area contributed by atoms with Crippen molar-refractivity contribution in [2.45, 2.75) is 26.3 Å². The largest absolute Gasteiger partial charge is 0.322 e. The molecular weight excluding hydrogens is 331 g/mol. The molecule has 3 nitrogen and oxygen atoms in total. The summed E-state index contributed by atoms with van der Waals surface area (Å²) in [6.45, 7) is 3.35. The predicted molar refractivity (Wildman–Crippen MR) is 97.2 cm³/mol. The molecule has 0 bridgehead atoms. The lowest BCUT2D eigenvalue weighted by Crippen LogP contribution is -2.35. The number of urea groups is 1. The van der Waals surface area contributed by atoms with Crippen LogP contribution >= 0.6 is 23.2 Å². The van der Waals surface area contributed by atoms with Gasteiger partial charge in [-0.15, -0.1) is 0 Å². The van der Waals surface area contributed by atoms with E-state index in [0.29, 0.717) is 28.8 Å². The first-order chi connectivity index (χ1) is 11.1. The minimum atomic E-state index is -0.175. The van der Waals surface area contributed by atoms with Gasteiger partial charge >= 0.3 is 6.03 Å². The molecule has 0 heterocycles. The zero-order valence-corrected chi connectivity index (χ0v) is 14.6. The quantitative estimate of drug-likeness (QED) is 0.698. The molecular formula is C18H20Cl2N2O. The Hall–Kier alpha value is -1.71. The van der Waals surface area contributed by atoms with E-state index in [2.05, 4.69) is 12.2 Å². The lowest BCUT2D eigenvalue weighted by molar-refractivity contribution is 0.208. The third kappa shape index (κ3) is 5.45. The highest BCUT2D eigenvalue weighted by atomic mass is 35.5. The first-order valence-corrected chi connectivity index (χ1v) is 8.40. The van der Waals surface area contributed by atoms with E-state index in [9.17, 15) is 4.79 Å². The van der Waals surface area contributed by atoms with Crippen molar-refractivity contribution in [3.05, 3.63) is 64.1 Å². The molecule has 0 aliphatic heterocycles. The van der Waals surface area contributed by atoms with Crippen molar-refractivity contribution in [3.63, 3.8) is 0 Å². The van der Waals surface area contributed by atoms with E-state index >= 15 is 0 Å². The Balaban J connectivity index is 2.11. The number of hydrogen-bond acceptors (Lipinski definition) is 1. The summed E-state index contributed by atoms with van der Waals surface area (Å²) in [7, 11) is 0. The van der Waals surface area contributed by atoms with E-state index in [1.54, 1.807) is 23.1 Å². The summed E-state index contributed by atoms with van der Waals surface area (Å²) in [5.41, 5.74) is 1.62. The van der Waals surface area contributed by atoms with E-state index in [1.165, 1.54) is 0 Å². The molecule has 5 heteroatoms. The molecule has 0 saturated carbocycles. The topological polar surface area (TPSA) is 32.3 Å². The first-order valence-electron chi connectivity index (χ1n) is 7.65. The molecule has 122 valence electrons. The van der Waals surface area contributed by atoms with Crippen molar-refractivity contribution in [1.29, 1.82) is 0 Å². The predicted octanol–water partition coefficient (Wildman–Crippen LogP) is 5.83. The standard InChI is InChI=1S/C18H20Cl2N2O/c1-2-3-11-22(13-14-7-5-4-6-8-14)18(23)21-17-12-15(19)9-10-16(17)20/h4-10,12H,2-3,11,13H2,1H3,(H,21,23). The number of amides is 2. The number of nitrogens with one attached hydrogen (secondary N) is 1. The molecule has 0 saturated heterocycles. The molecule has 2 aromatic rings. The van der Waals surface area contributed by atoms with E-state index in [4.69, 9.17) is 23.2 Å². The van der Waals surface area contributed by atoms with Gasteiger partial charge in [-0.25, -0.2) is 4.79 Å². The van der Waals surface area contributed by atoms with E-state index in [-0.39, 0.29) is 6.03 Å². The summed E-state index contributed by atoms with van der Waals surface area (Å²) >= 11 is 12.1. The van der Waals surface area contributed by atoms with Crippen LogP contribution in [0, 0.1) is 0 Å². The normalized spacial score (nSPS) is 10.4. The van der Waals surface area contributed by atoms with Gasteiger partial charge in [0.05, 0.1) is 10.7 Å². The minimum absolute atomic E-state index is 0.175. The molecule has 0 aromatic heterocycles. The van der Waals surface area contributed by atoms with Gasteiger partial charge in [0.2, 0.25) is 0 Å². The van der Waals surface area contributed by atoms with Gasteiger partial charge in [-0.2, -0.15) is 0 Å². The van der Waals surface area contributed by atoms with Crippen LogP contribution in [0.4, 0.5) is 10.5 Å². The van der Waals surface area contributed by atoms with Gasteiger partial charge in [0, 0.05) is 18.1 Å². The van der Waals surface area contributed by atoms with Crippen LogP contribution in [0.15, 0.2) is 48.5 Å². The number of halogens is 2. The highest BCUT2D eigenvalue weighted by molar-refractivity contribution is 6.35. The zero-order chi connectivity index (χ0) is 16.7. The number of anilines is 1. The van der Waals surface area contributed by atoms with Gasteiger partial charge in [-0.1, -0.05) is 66.9 Å². The Kier molecular flexibility index (Phi) is 6.75. The number of unbranched alkanes of at least 4 members (excludes halogenated alkanes) is 1. The number of hydrogen-bond donors (Lipinski definition) is 1. The fraction of sp³-hybridized carbons (Fsp3) is 0.278. The SMILES string of the molecule is CCCCN(Cc1ccccc1)C(=O)Nc1cc(Cl)ccc1Cl. The maximum absolute atomic E-state index is 12.6. The second-order valence-electron chi connectivity index (χ2n) is 5.32. The summed E-state index contributed by atoms with van der Waals surface area (Å²) < 4.78 is 0. The van der Waals surface area contributed by atoms with E-state index in [0.717, 1.165) is 18.4 Å². The monoisotopic (exact) mass is 350 g/mol. The van der Waals surface area contributed by atoms with Crippen molar-refractivity contribution < 1.29 is 4.79 Å². The summed E-state index contributed by atoms with van der Waals surface area (Å²) in [6, 6.07) is 14.8. The molecule has 1 N–H and O–H groups in total. The molecule has 0 spiro atoms. The molecule has 0 radical (unpaired) electrons. The van der Waals surface area contributed by atoms with E-state index < -0.39 is 0 Å². The highest BCUT2D eigenvalue weighted by Gasteiger charge is 2.15. The van der Waals surface area contributed by atoms with Gasteiger partial charge in [0.25, 0.3) is 0 Å². The smallest absolute Gasteiger partial charge is 0.320 e. The summed E-state index contributed by atoms with van der Waals surface area (Å²) in [5, 5.41) is 3.86. The van der Waals surface area contributed by atoms with Crippen molar-refractivity contribution in [1.82, 2.24) is 4.90 Å². The molecule has 2 rings (SSSR count). The fourth-order valence-electron chi connectivity index (χ4n) is 2.19. The first kappa shape index (κ1) is 17.6. The van der Waals surface area contributed by atoms with Crippen molar-refractivity contribution in [2.75, 3.05) is 11.9 Å². The van der Waals surface area contributed by atoms with Gasteiger partial charge in [0.1, 0.15) is 0 Å². The van der Waals surface area contributed by atoms with Crippen LogP contribution in [0.2, 0.25) is 10.0 Å². The average Bonchev–Trinajstić information content (AvgIpc) is 2.55. The van der Waals surface area contributed by atoms with Crippen LogP contribution in [-0.2, 0) is 6.54 Å². The molecule has 0 aliphatic carbocycles. The number of nitrogens with zero attached hydrogens (tertiary/aromatic N) is 1. The summed E-state index contributed by atoms with van der Waals surface area (Å²) in [5.74, 6) is 0. The molecule has 0 fully saturated rings. The molecule has 2 aromatic carbocycles. The maximum Gasteiger partial charge on any atom is 0.322 e. The second-order valence-corrected chi connectivity index (χ2v) is 6.16. The lowest BCUT2D eigenvalue weighted by Gasteiger charge is -2.23. The van der Waals surface area contributed by atoms with Crippen LogP contribution in [0.1, 0.15) is 25.3 Å². The van der Waals surface area contributed by atoms with Crippen LogP contribution in [0.5, 0.6) is 0 Å².